The Morgan fingerprint density at radius 2 is 1.97 bits per heavy atom. The third-order valence-corrected chi connectivity index (χ3v) is 8.25. The molecule has 0 aromatic carbocycles. The molecule has 1 N–H and O–H groups in total. The number of likely N-dealkylation sites (tertiary alicyclic amines) is 1. The molecule has 2 amide bonds. The van der Waals surface area contributed by atoms with E-state index in [-0.39, 0.29) is 24.5 Å². The van der Waals surface area contributed by atoms with E-state index in [1.165, 1.54) is 0 Å². The summed E-state index contributed by atoms with van der Waals surface area (Å²) >= 11 is 0. The molecular formula is C28H44N2O6. The molecule has 1 spiro atoms. The van der Waals surface area contributed by atoms with E-state index in [1.54, 1.807) is 15.9 Å². The number of nitrogens with zero attached hydrogens (tertiary/aromatic N) is 2. The van der Waals surface area contributed by atoms with E-state index in [2.05, 4.69) is 13.2 Å². The van der Waals surface area contributed by atoms with Crippen LogP contribution < -0.4 is 0 Å². The fourth-order valence-electron chi connectivity index (χ4n) is 6.50. The van der Waals surface area contributed by atoms with Gasteiger partial charge in [0, 0.05) is 25.7 Å². The molecule has 36 heavy (non-hydrogen) atoms. The monoisotopic (exact) mass is 504 g/mol. The number of ether oxygens (including phenoxy) is 2. The highest BCUT2D eigenvalue weighted by atomic mass is 16.6. The lowest BCUT2D eigenvalue weighted by Gasteiger charge is -2.38. The Bertz CT molecular complexity index is 844. The summed E-state index contributed by atoms with van der Waals surface area (Å²) in [6.45, 7) is 14.4. The number of aliphatic hydroxyl groups excluding tert-OH is 1. The van der Waals surface area contributed by atoms with Gasteiger partial charge in [-0.15, -0.1) is 13.2 Å². The van der Waals surface area contributed by atoms with Crippen molar-refractivity contribution in [3.05, 3.63) is 25.3 Å². The smallest absolute Gasteiger partial charge is 0.312 e. The minimum Gasteiger partial charge on any atom is -0.465 e. The number of hydrogen-bond acceptors (Lipinski definition) is 6. The van der Waals surface area contributed by atoms with Crippen molar-refractivity contribution in [3.8, 4) is 0 Å². The summed E-state index contributed by atoms with van der Waals surface area (Å²) < 4.78 is 12.4. The van der Waals surface area contributed by atoms with Crippen molar-refractivity contribution in [2.24, 2.45) is 11.8 Å². The zero-order chi connectivity index (χ0) is 26.5. The molecule has 0 saturated carbocycles. The molecule has 2 bridgehead atoms. The second kappa shape index (κ2) is 11.9. The van der Waals surface area contributed by atoms with E-state index in [1.807, 2.05) is 26.8 Å². The number of unbranched alkanes of at least 4 members (excludes halogenated alkanes) is 3. The summed E-state index contributed by atoms with van der Waals surface area (Å²) in [6, 6.07) is -0.898. The summed E-state index contributed by atoms with van der Waals surface area (Å²) in [4.78, 5) is 44.9. The Labute approximate surface area is 215 Å². The Balaban J connectivity index is 1.96. The van der Waals surface area contributed by atoms with Crippen molar-refractivity contribution >= 4 is 17.8 Å². The molecule has 5 atom stereocenters. The lowest BCUT2D eigenvalue weighted by molar-refractivity contribution is -0.162. The van der Waals surface area contributed by atoms with Crippen LogP contribution in [0, 0.1) is 11.8 Å². The highest BCUT2D eigenvalue weighted by molar-refractivity contribution is 5.98. The maximum Gasteiger partial charge on any atom is 0.312 e. The third-order valence-electron chi connectivity index (χ3n) is 8.25. The Kier molecular flexibility index (Phi) is 9.39. The summed E-state index contributed by atoms with van der Waals surface area (Å²) in [5.74, 6) is -2.25. The number of allylic oxidation sites excluding steroid dienone is 1. The summed E-state index contributed by atoms with van der Waals surface area (Å²) in [5, 5.41) is 9.31. The Morgan fingerprint density at radius 1 is 1.22 bits per heavy atom. The second-order valence-corrected chi connectivity index (χ2v) is 10.6. The summed E-state index contributed by atoms with van der Waals surface area (Å²) in [7, 11) is 0. The maximum atomic E-state index is 14.1. The quantitative estimate of drug-likeness (QED) is 0.209. The predicted octanol–water partition coefficient (Wildman–Crippen LogP) is 3.24. The van der Waals surface area contributed by atoms with Crippen LogP contribution in [0.5, 0.6) is 0 Å². The van der Waals surface area contributed by atoms with Crippen LogP contribution in [0.4, 0.5) is 0 Å². The molecule has 3 saturated heterocycles. The summed E-state index contributed by atoms with van der Waals surface area (Å²) in [5.41, 5.74) is -1.85. The standard InChI is InChI=1S/C28H44N2O6/c1-6-9-10-13-19-35-26(34)22-21-24(32)30(17-11-12-18-31)23(25(33)29(16-7-2)20(4)5)28(21)15-14-27(22,8-3)36-28/h6-7,20-23,31H,1-2,8-19H2,3-5H3/t21-,22-,23?,27+,28?/m0/s1. The first-order chi connectivity index (χ1) is 17.2. The van der Waals surface area contributed by atoms with E-state index >= 15 is 0 Å². The molecule has 3 heterocycles. The van der Waals surface area contributed by atoms with Gasteiger partial charge < -0.3 is 24.4 Å². The minimum atomic E-state index is -1.05. The molecule has 3 rings (SSSR count). The first kappa shape index (κ1) is 28.4. The van der Waals surface area contributed by atoms with E-state index in [9.17, 15) is 19.5 Å². The van der Waals surface area contributed by atoms with Gasteiger partial charge in [0.1, 0.15) is 17.6 Å². The van der Waals surface area contributed by atoms with Gasteiger partial charge in [0.05, 0.1) is 18.1 Å². The Hall–Kier alpha value is -2.19. The number of fused-ring (bicyclic) bond motifs is 1. The molecule has 0 aliphatic carbocycles. The number of aliphatic hydroxyl groups is 1. The Morgan fingerprint density at radius 3 is 2.58 bits per heavy atom. The number of amides is 2. The molecule has 0 aromatic rings. The predicted molar refractivity (Wildman–Crippen MR) is 137 cm³/mol. The van der Waals surface area contributed by atoms with Gasteiger partial charge in [-0.1, -0.05) is 19.1 Å². The van der Waals surface area contributed by atoms with E-state index in [4.69, 9.17) is 9.47 Å². The van der Waals surface area contributed by atoms with E-state index < -0.39 is 35.0 Å². The van der Waals surface area contributed by atoms with Crippen LogP contribution in [0.3, 0.4) is 0 Å². The van der Waals surface area contributed by atoms with Crippen LogP contribution in [0.15, 0.2) is 25.3 Å². The van der Waals surface area contributed by atoms with Gasteiger partial charge in [0.2, 0.25) is 11.8 Å². The largest absolute Gasteiger partial charge is 0.465 e. The van der Waals surface area contributed by atoms with Crippen LogP contribution in [-0.2, 0) is 23.9 Å². The molecule has 0 aromatic heterocycles. The van der Waals surface area contributed by atoms with Crippen LogP contribution in [0.1, 0.15) is 72.1 Å². The first-order valence-electron chi connectivity index (χ1n) is 13.5. The first-order valence-corrected chi connectivity index (χ1v) is 13.5. The molecule has 3 aliphatic rings. The molecular weight excluding hydrogens is 460 g/mol. The topological polar surface area (TPSA) is 96.4 Å². The normalized spacial score (nSPS) is 30.5. The molecule has 8 heteroatoms. The van der Waals surface area contributed by atoms with Crippen molar-refractivity contribution in [1.29, 1.82) is 0 Å². The number of esters is 1. The number of carbonyl (C=O) groups is 3. The second-order valence-electron chi connectivity index (χ2n) is 10.6. The van der Waals surface area contributed by atoms with E-state index in [0.29, 0.717) is 51.8 Å². The van der Waals surface area contributed by atoms with Gasteiger partial charge in [0.25, 0.3) is 0 Å². The fourth-order valence-corrected chi connectivity index (χ4v) is 6.50. The van der Waals surface area contributed by atoms with Gasteiger partial charge in [0.15, 0.2) is 0 Å². The SMILES string of the molecule is C=CCCCCOC(=O)[C@@H]1[C@H]2C(=O)N(CCCCO)C(C(=O)N(CC=C)C(C)C)C23CC[C@@]1(CC)O3. The fraction of sp³-hybridized carbons (Fsp3) is 0.750. The van der Waals surface area contributed by atoms with Crippen molar-refractivity contribution in [1.82, 2.24) is 9.80 Å². The number of hydrogen-bond donors (Lipinski definition) is 1. The zero-order valence-corrected chi connectivity index (χ0v) is 22.2. The zero-order valence-electron chi connectivity index (χ0n) is 22.2. The molecule has 202 valence electrons. The van der Waals surface area contributed by atoms with Crippen molar-refractivity contribution in [2.45, 2.75) is 95.4 Å². The highest BCUT2D eigenvalue weighted by Gasteiger charge is 2.79. The molecule has 0 radical (unpaired) electrons. The van der Waals surface area contributed by atoms with Crippen LogP contribution >= 0.6 is 0 Å². The van der Waals surface area contributed by atoms with Crippen molar-refractivity contribution < 1.29 is 29.0 Å². The molecule has 3 aliphatic heterocycles. The van der Waals surface area contributed by atoms with Gasteiger partial charge in [-0.05, 0) is 65.2 Å². The highest BCUT2D eigenvalue weighted by Crippen LogP contribution is 2.64. The third kappa shape index (κ3) is 4.86. The maximum absolute atomic E-state index is 14.1. The van der Waals surface area contributed by atoms with Crippen molar-refractivity contribution in [2.75, 3.05) is 26.3 Å². The number of carbonyl (C=O) groups excluding carboxylic acids is 3. The van der Waals surface area contributed by atoms with Crippen LogP contribution in [0.25, 0.3) is 0 Å². The molecule has 3 fully saturated rings. The lowest BCUT2D eigenvalue weighted by atomic mass is 9.65. The van der Waals surface area contributed by atoms with Crippen molar-refractivity contribution in [3.63, 3.8) is 0 Å². The lowest BCUT2D eigenvalue weighted by Crippen LogP contribution is -2.57. The number of rotatable bonds is 15. The average molecular weight is 505 g/mol. The minimum absolute atomic E-state index is 0.0139. The van der Waals surface area contributed by atoms with Gasteiger partial charge in [-0.2, -0.15) is 0 Å². The van der Waals surface area contributed by atoms with Gasteiger partial charge in [-0.25, -0.2) is 0 Å². The van der Waals surface area contributed by atoms with Gasteiger partial charge >= 0.3 is 5.97 Å². The van der Waals surface area contributed by atoms with Crippen LogP contribution in [0.2, 0.25) is 0 Å². The van der Waals surface area contributed by atoms with Gasteiger partial charge in [-0.3, -0.25) is 14.4 Å². The molecule has 2 unspecified atom stereocenters. The summed E-state index contributed by atoms with van der Waals surface area (Å²) in [6.07, 6.45) is 8.82. The molecule has 8 nitrogen and oxygen atoms in total. The average Bonchev–Trinajstić information content (AvgIpc) is 3.45. The van der Waals surface area contributed by atoms with Crippen LogP contribution in [-0.4, -0.2) is 82.3 Å². The van der Waals surface area contributed by atoms with E-state index in [0.717, 1.165) is 19.3 Å².